The molecule has 0 bridgehead atoms. The average molecular weight is 271 g/mol. The number of nitrogens with one attached hydrogen (secondary N) is 2. The molecule has 2 heterocycles. The van der Waals surface area contributed by atoms with Crippen LogP contribution in [0.15, 0.2) is 55.1 Å². The van der Waals surface area contributed by atoms with E-state index in [-0.39, 0.29) is 0 Å². The van der Waals surface area contributed by atoms with Gasteiger partial charge in [-0.15, -0.1) is 0 Å². The van der Waals surface area contributed by atoms with Crippen LogP contribution in [-0.2, 0) is 0 Å². The minimum atomic E-state index is 0.733. The molecule has 5 heteroatoms. The van der Waals surface area contributed by atoms with E-state index in [0.29, 0.717) is 0 Å². The molecule has 94 valence electrons. The Morgan fingerprint density at radius 1 is 0.789 bits per heavy atom. The van der Waals surface area contributed by atoms with Crippen molar-refractivity contribution < 1.29 is 0 Å². The second-order valence-corrected chi connectivity index (χ2v) is 4.42. The molecule has 0 saturated heterocycles. The second-order valence-electron chi connectivity index (χ2n) is 3.98. The molecule has 2 aromatic carbocycles. The van der Waals surface area contributed by atoms with Crippen LogP contribution < -0.4 is 0 Å². The maximum Gasteiger partial charge on any atom is 0.0931 e. The van der Waals surface area contributed by atoms with Gasteiger partial charge in [0.15, 0.2) is 0 Å². The molecule has 2 aromatic heterocycles. The zero-order valence-electron chi connectivity index (χ0n) is 9.97. The SMILES string of the molecule is Clc1ccc2nc[nH]c2c1.c1ccc2[nH]cnc2c1. The van der Waals surface area contributed by atoms with Gasteiger partial charge >= 0.3 is 0 Å². The van der Waals surface area contributed by atoms with Gasteiger partial charge in [-0.25, -0.2) is 9.97 Å². The molecule has 4 rings (SSSR count). The van der Waals surface area contributed by atoms with Gasteiger partial charge in [-0.2, -0.15) is 0 Å². The Morgan fingerprint density at radius 3 is 2.26 bits per heavy atom. The zero-order chi connectivity index (χ0) is 13.1. The highest BCUT2D eigenvalue weighted by Gasteiger charge is 1.93. The molecule has 0 aliphatic carbocycles. The molecule has 0 radical (unpaired) electrons. The van der Waals surface area contributed by atoms with Crippen LogP contribution in [0.2, 0.25) is 5.02 Å². The summed E-state index contributed by atoms with van der Waals surface area (Å²) < 4.78 is 0. The monoisotopic (exact) mass is 270 g/mol. The summed E-state index contributed by atoms with van der Waals surface area (Å²) in [5.74, 6) is 0. The van der Waals surface area contributed by atoms with Gasteiger partial charge in [0, 0.05) is 5.02 Å². The van der Waals surface area contributed by atoms with Crippen LogP contribution >= 0.6 is 11.6 Å². The number of imidazole rings is 2. The number of aromatic nitrogens is 4. The van der Waals surface area contributed by atoms with Crippen LogP contribution in [0.4, 0.5) is 0 Å². The lowest BCUT2D eigenvalue weighted by Crippen LogP contribution is -1.67. The first kappa shape index (κ1) is 11.7. The zero-order valence-corrected chi connectivity index (χ0v) is 10.7. The first-order valence-corrected chi connectivity index (χ1v) is 6.17. The summed E-state index contributed by atoms with van der Waals surface area (Å²) in [5.41, 5.74) is 4.05. The molecule has 0 spiro atoms. The van der Waals surface area contributed by atoms with E-state index < -0.39 is 0 Å². The van der Waals surface area contributed by atoms with E-state index in [9.17, 15) is 0 Å². The first-order valence-electron chi connectivity index (χ1n) is 5.80. The summed E-state index contributed by atoms with van der Waals surface area (Å²) in [4.78, 5) is 14.1. The van der Waals surface area contributed by atoms with Gasteiger partial charge in [-0.1, -0.05) is 23.7 Å². The Balaban J connectivity index is 0.000000117. The Labute approximate surface area is 114 Å². The number of fused-ring (bicyclic) bond motifs is 2. The highest BCUT2D eigenvalue weighted by Crippen LogP contribution is 2.14. The number of H-pyrrole nitrogens is 2. The number of para-hydroxylation sites is 2. The lowest BCUT2D eigenvalue weighted by atomic mass is 10.3. The van der Waals surface area contributed by atoms with Gasteiger partial charge in [-0.05, 0) is 30.3 Å². The normalized spacial score (nSPS) is 10.4. The van der Waals surface area contributed by atoms with Gasteiger partial charge in [0.1, 0.15) is 0 Å². The van der Waals surface area contributed by atoms with Crippen LogP contribution in [0.1, 0.15) is 0 Å². The minimum Gasteiger partial charge on any atom is -0.345 e. The number of rotatable bonds is 0. The number of halogens is 1. The second kappa shape index (κ2) is 5.12. The highest BCUT2D eigenvalue weighted by atomic mass is 35.5. The quantitative estimate of drug-likeness (QED) is 0.511. The number of benzene rings is 2. The smallest absolute Gasteiger partial charge is 0.0931 e. The van der Waals surface area contributed by atoms with E-state index in [0.717, 1.165) is 27.1 Å². The van der Waals surface area contributed by atoms with Crippen molar-refractivity contribution in [2.45, 2.75) is 0 Å². The predicted molar refractivity (Wildman–Crippen MR) is 77.2 cm³/mol. The first-order chi connectivity index (χ1) is 9.33. The van der Waals surface area contributed by atoms with Crippen molar-refractivity contribution >= 4 is 33.7 Å². The van der Waals surface area contributed by atoms with Crippen molar-refractivity contribution in [3.8, 4) is 0 Å². The van der Waals surface area contributed by atoms with Crippen LogP contribution in [0.3, 0.4) is 0 Å². The van der Waals surface area contributed by atoms with E-state index in [2.05, 4.69) is 19.9 Å². The summed E-state index contributed by atoms with van der Waals surface area (Å²) in [6, 6.07) is 13.5. The van der Waals surface area contributed by atoms with Crippen LogP contribution in [-0.4, -0.2) is 19.9 Å². The number of hydrogen-bond acceptors (Lipinski definition) is 2. The molecule has 2 N–H and O–H groups in total. The summed E-state index contributed by atoms with van der Waals surface area (Å²) in [6.45, 7) is 0. The largest absolute Gasteiger partial charge is 0.345 e. The third-order valence-electron chi connectivity index (χ3n) is 2.71. The van der Waals surface area contributed by atoms with Crippen molar-refractivity contribution in [3.05, 3.63) is 60.1 Å². The van der Waals surface area contributed by atoms with Crippen molar-refractivity contribution in [3.63, 3.8) is 0 Å². The summed E-state index contributed by atoms with van der Waals surface area (Å²) in [5, 5.41) is 0.733. The van der Waals surface area contributed by atoms with Crippen LogP contribution in [0.5, 0.6) is 0 Å². The maximum absolute atomic E-state index is 5.73. The molecule has 0 atom stereocenters. The molecule has 0 aliphatic rings. The van der Waals surface area contributed by atoms with Crippen molar-refractivity contribution in [2.24, 2.45) is 0 Å². The number of aromatic amines is 2. The van der Waals surface area contributed by atoms with Crippen LogP contribution in [0.25, 0.3) is 22.1 Å². The molecule has 0 unspecified atom stereocenters. The summed E-state index contributed by atoms with van der Waals surface area (Å²) >= 11 is 5.73. The number of nitrogens with zero attached hydrogens (tertiary/aromatic N) is 2. The van der Waals surface area contributed by atoms with Gasteiger partial charge in [0.2, 0.25) is 0 Å². The van der Waals surface area contributed by atoms with Gasteiger partial charge in [0.05, 0.1) is 34.7 Å². The van der Waals surface area contributed by atoms with E-state index >= 15 is 0 Å². The fraction of sp³-hybridized carbons (Fsp3) is 0. The molecule has 0 aliphatic heterocycles. The molecule has 0 saturated carbocycles. The molecule has 4 aromatic rings. The minimum absolute atomic E-state index is 0.733. The molecule has 4 nitrogen and oxygen atoms in total. The molecule has 0 fully saturated rings. The fourth-order valence-electron chi connectivity index (χ4n) is 1.79. The van der Waals surface area contributed by atoms with E-state index in [1.165, 1.54) is 0 Å². The third kappa shape index (κ3) is 2.58. The summed E-state index contributed by atoms with van der Waals surface area (Å²) in [7, 11) is 0. The van der Waals surface area contributed by atoms with E-state index in [1.807, 2.05) is 42.5 Å². The lowest BCUT2D eigenvalue weighted by molar-refractivity contribution is 1.34. The fourth-order valence-corrected chi connectivity index (χ4v) is 1.96. The topological polar surface area (TPSA) is 57.4 Å². The Bertz CT molecular complexity index is 773. The predicted octanol–water partition coefficient (Wildman–Crippen LogP) is 3.78. The number of hydrogen-bond donors (Lipinski definition) is 2. The van der Waals surface area contributed by atoms with Crippen molar-refractivity contribution in [1.82, 2.24) is 19.9 Å². The highest BCUT2D eigenvalue weighted by molar-refractivity contribution is 6.31. The standard InChI is InChI=1S/C7H5ClN2.C7H6N2/c8-5-1-2-6-7(3-5)10-4-9-6;1-2-4-7-6(3-1)8-5-9-7/h1-4H,(H,9,10);1-5H,(H,8,9). The van der Waals surface area contributed by atoms with Gasteiger partial charge in [-0.3, -0.25) is 0 Å². The Morgan fingerprint density at radius 2 is 1.47 bits per heavy atom. The molecule has 19 heavy (non-hydrogen) atoms. The summed E-state index contributed by atoms with van der Waals surface area (Å²) in [6.07, 6.45) is 3.35. The van der Waals surface area contributed by atoms with E-state index in [1.54, 1.807) is 12.7 Å². The molecular formula is C14H11ClN4. The molecular weight excluding hydrogens is 260 g/mol. The lowest BCUT2D eigenvalue weighted by Gasteiger charge is -1.87. The van der Waals surface area contributed by atoms with Crippen LogP contribution in [0, 0.1) is 0 Å². The average Bonchev–Trinajstić information content (AvgIpc) is 3.07. The Hall–Kier alpha value is -2.33. The van der Waals surface area contributed by atoms with Crippen molar-refractivity contribution in [1.29, 1.82) is 0 Å². The van der Waals surface area contributed by atoms with Crippen molar-refractivity contribution in [2.75, 3.05) is 0 Å². The maximum atomic E-state index is 5.73. The molecule has 0 amide bonds. The van der Waals surface area contributed by atoms with Gasteiger partial charge < -0.3 is 9.97 Å². The van der Waals surface area contributed by atoms with Gasteiger partial charge in [0.25, 0.3) is 0 Å². The Kier molecular flexibility index (Phi) is 3.16. The third-order valence-corrected chi connectivity index (χ3v) is 2.95. The van der Waals surface area contributed by atoms with E-state index in [4.69, 9.17) is 11.6 Å².